The van der Waals surface area contributed by atoms with Crippen molar-refractivity contribution >= 4 is 97.0 Å². The molecule has 0 heterocycles. The number of hydrogen-bond acceptors (Lipinski definition) is 28. The number of amides is 2. The van der Waals surface area contributed by atoms with Gasteiger partial charge in [-0.15, -0.1) is 0 Å². The Labute approximate surface area is 790 Å². The zero-order valence-electron chi connectivity index (χ0n) is 73.6. The number of hydrogen-bond donors (Lipinski definition) is 10. The van der Waals surface area contributed by atoms with Crippen molar-refractivity contribution in [3.8, 4) is 118 Å². The number of primary amides is 1. The molecule has 11 N–H and O–H groups in total. The first-order chi connectivity index (χ1) is 66.7. The number of aldehydes is 7. The molecule has 0 aliphatic heterocycles. The first-order valence-corrected chi connectivity index (χ1v) is 40.1. The number of carboxylic acids is 2. The van der Waals surface area contributed by atoms with Gasteiger partial charge in [-0.1, -0.05) is 97.1 Å². The Hall–Kier alpha value is -19.8. The van der Waals surface area contributed by atoms with E-state index in [1.54, 1.807) is 135 Å². The van der Waals surface area contributed by atoms with Crippen LogP contribution >= 0.6 is 0 Å². The van der Waals surface area contributed by atoms with Gasteiger partial charge in [-0.2, -0.15) is 0 Å². The average Bonchev–Trinajstić information content (AvgIpc) is 0.811. The Balaban J connectivity index is 0.000000200. The zero-order chi connectivity index (χ0) is 103. The fraction of sp³-hybridized carbons (Fsp3) is 0.0485. The molecule has 14 rings (SSSR count). The van der Waals surface area contributed by atoms with Crippen LogP contribution in [0, 0.1) is 37.7 Å². The highest BCUT2D eigenvalue weighted by atomic mass is 19.1. The molecule has 0 aliphatic carbocycles. The molecule has 0 aliphatic rings. The highest BCUT2D eigenvalue weighted by Gasteiger charge is 2.24. The summed E-state index contributed by atoms with van der Waals surface area (Å²) in [5.74, 6) is -10.6. The van der Waals surface area contributed by atoms with Gasteiger partial charge in [0.1, 0.15) is 11.5 Å². The first-order valence-electron chi connectivity index (χ1n) is 40.1. The van der Waals surface area contributed by atoms with Crippen LogP contribution in [0.5, 0.6) is 40.2 Å². The number of rotatable bonds is 23. The lowest BCUT2D eigenvalue weighted by Crippen LogP contribution is -2.21. The molecule has 0 unspecified atom stereocenters. The molecule has 14 aromatic rings. The van der Waals surface area contributed by atoms with Crippen LogP contribution in [0.25, 0.3) is 77.9 Å². The van der Waals surface area contributed by atoms with E-state index in [0.717, 1.165) is 52.6 Å². The van der Waals surface area contributed by atoms with Gasteiger partial charge in [0.15, 0.2) is 78.7 Å². The lowest BCUT2D eigenvalue weighted by Gasteiger charge is -2.11. The summed E-state index contributed by atoms with van der Waals surface area (Å²) in [4.78, 5) is 176. The maximum Gasteiger partial charge on any atom is 0.337 e. The van der Waals surface area contributed by atoms with Gasteiger partial charge in [-0.3, -0.25) is 63.4 Å². The van der Waals surface area contributed by atoms with Gasteiger partial charge in [0, 0.05) is 37.4 Å². The topological polar surface area (TPSA) is 564 Å². The summed E-state index contributed by atoms with van der Waals surface area (Å²) >= 11 is 0. The SMILES string of the molecule is CN(C)C(=O)c1cccc(-c2ccc(O)c(C=O)c2)c1.COC(=O)c1ccc(-c2cc(C=O)c(O)c([N+](=O)[O-])c2)cc1.COC(=O)c1ccc(-c2cc(F)c(O)c(C=O)c2)cc1.COC(=O)c1cccc(-c2cc(F)c(O)c(C=O)c2)c1.NC(=O)c1cccc(-c2ccc(O)c(C=O)c2)c1.O=Cc1cc(-c2cccc(C(=O)O)c2)cc(F)c1O.O=Cc1cc(-c2cccc(C(=O)O)c2)cc([N+](=O)[O-])c1O. The van der Waals surface area contributed by atoms with Crippen LogP contribution in [0.4, 0.5) is 24.5 Å². The van der Waals surface area contributed by atoms with E-state index in [0.29, 0.717) is 122 Å². The van der Waals surface area contributed by atoms with E-state index in [2.05, 4.69) is 14.2 Å². The number of esters is 3. The van der Waals surface area contributed by atoms with Crippen LogP contribution in [0.2, 0.25) is 0 Å². The second-order valence-corrected chi connectivity index (χ2v) is 29.1. The number of aromatic carboxylic acids is 2. The molecular weight excluding hydrogens is 1830 g/mol. The number of nitrogens with zero attached hydrogens (tertiary/aromatic N) is 3. The van der Waals surface area contributed by atoms with Crippen molar-refractivity contribution < 1.29 is 150 Å². The van der Waals surface area contributed by atoms with E-state index in [1.807, 2.05) is 6.07 Å². The van der Waals surface area contributed by atoms with E-state index < -0.39 is 103 Å². The van der Waals surface area contributed by atoms with Crippen LogP contribution in [0.15, 0.2) is 267 Å². The Bertz CT molecular complexity index is 7170. The standard InChI is InChI=1S/C16H15NO3.2C15H11FO4.C15H11NO6.C14H9FO4.C14H9NO6.C14H11NO3/c1-17(2)16(20)13-5-3-4-11(8-13)12-6-7-15(19)14(9-12)10-18;1-20-15(19)10-4-2-9(3-5-10)11-6-12(8-17)14(18)13(16)7-11;1-20-15(19)10-4-2-3-9(5-10)11-6-12(8-17)14(18)13(16)7-11;1-22-15(19)10-4-2-9(3-5-10)11-6-12(8-17)14(18)13(7-11)16(20)21;15-12-6-10(5-11(7-16)13(12)17)8-2-1-3-9(4-8)14(18)19;16-7-11-5-10(6-12(13(11)17)15(20)21)8-2-1-3-9(4-8)14(18)19;15-14(18)11-3-1-2-9(6-11)10-4-5-13(17)12(7-10)8-16/h3-10,19H,1-2H3;2*2-8,18H,1H3;2-8,18H,1H3;1-7,17H,(H,18,19);1-7,17H,(H,18,19);1-8,17H,(H2,15,18). The normalized spacial score (nSPS) is 10.1. The molecule has 0 aromatic heterocycles. The average molecular weight is 1910 g/mol. The van der Waals surface area contributed by atoms with Gasteiger partial charge in [0.2, 0.25) is 17.4 Å². The van der Waals surface area contributed by atoms with Crippen LogP contribution in [0.3, 0.4) is 0 Å². The Kier molecular flexibility index (Phi) is 37.1. The number of halogens is 3. The number of aromatic hydroxyl groups is 7. The van der Waals surface area contributed by atoms with Gasteiger partial charge in [-0.05, 0) is 236 Å². The molecule has 14 aromatic carbocycles. The minimum Gasteiger partial charge on any atom is -0.507 e. The van der Waals surface area contributed by atoms with Gasteiger partial charge < -0.3 is 70.8 Å². The van der Waals surface area contributed by atoms with Crippen molar-refractivity contribution in [2.45, 2.75) is 0 Å². The van der Waals surface area contributed by atoms with E-state index in [-0.39, 0.29) is 73.0 Å². The van der Waals surface area contributed by atoms with Crippen molar-refractivity contribution in [2.24, 2.45) is 5.73 Å². The number of methoxy groups -OCH3 is 3. The zero-order valence-corrected chi connectivity index (χ0v) is 73.6. The highest BCUT2D eigenvalue weighted by molar-refractivity contribution is 5.99. The molecule has 0 radical (unpaired) electrons. The second kappa shape index (κ2) is 49.1. The van der Waals surface area contributed by atoms with Crippen LogP contribution < -0.4 is 5.73 Å². The fourth-order valence-corrected chi connectivity index (χ4v) is 12.7. The predicted octanol–water partition coefficient (Wildman–Crippen LogP) is 17.9. The highest BCUT2D eigenvalue weighted by Crippen LogP contribution is 2.39. The van der Waals surface area contributed by atoms with Crippen molar-refractivity contribution in [3.63, 3.8) is 0 Å². The minimum atomic E-state index is -1.14. The van der Waals surface area contributed by atoms with Crippen LogP contribution in [0.1, 0.15) is 145 Å². The molecule has 0 spiro atoms. The van der Waals surface area contributed by atoms with Crippen molar-refractivity contribution in [1.82, 2.24) is 4.90 Å². The Morgan fingerprint density at radius 1 is 0.293 bits per heavy atom. The lowest BCUT2D eigenvalue weighted by molar-refractivity contribution is -0.386. The Morgan fingerprint density at radius 2 is 0.529 bits per heavy atom. The molecule has 0 atom stereocenters. The molecule has 0 saturated heterocycles. The third-order valence-corrected chi connectivity index (χ3v) is 20.0. The minimum absolute atomic E-state index is 0.0101. The van der Waals surface area contributed by atoms with Gasteiger partial charge in [0.25, 0.3) is 5.91 Å². The van der Waals surface area contributed by atoms with Crippen molar-refractivity contribution in [3.05, 3.63) is 382 Å². The quantitative estimate of drug-likeness (QED) is 0.00934. The monoisotopic (exact) mass is 1910 g/mol. The third-order valence-electron chi connectivity index (χ3n) is 20.0. The van der Waals surface area contributed by atoms with E-state index in [1.165, 1.54) is 135 Å². The number of carbonyl (C=O) groups excluding carboxylic acids is 12. The second-order valence-electron chi connectivity index (χ2n) is 29.1. The van der Waals surface area contributed by atoms with E-state index in [9.17, 15) is 136 Å². The summed E-state index contributed by atoms with van der Waals surface area (Å²) < 4.78 is 54.2. The number of nitrogens with two attached hydrogens (primary N) is 1. The maximum atomic E-state index is 13.5. The van der Waals surface area contributed by atoms with Crippen LogP contribution in [-0.2, 0) is 14.2 Å². The van der Waals surface area contributed by atoms with Crippen LogP contribution in [-0.4, -0.2) is 182 Å². The molecule has 2 amide bonds. The molecule has 0 bridgehead atoms. The number of nitro benzene ring substituents is 2. The van der Waals surface area contributed by atoms with Gasteiger partial charge >= 0.3 is 41.2 Å². The molecule has 710 valence electrons. The first kappa shape index (κ1) is 106. The summed E-state index contributed by atoms with van der Waals surface area (Å²) in [5, 5.41) is 106. The molecule has 0 saturated carbocycles. The number of carbonyl (C=O) groups is 14. The molecular formula is C103H77F3N4O30. The smallest absolute Gasteiger partial charge is 0.337 e. The van der Waals surface area contributed by atoms with E-state index in [4.69, 9.17) is 15.9 Å². The number of benzene rings is 14. The maximum absolute atomic E-state index is 13.5. The summed E-state index contributed by atoms with van der Waals surface area (Å²) in [6.07, 6.45) is 2.91. The van der Waals surface area contributed by atoms with Crippen molar-refractivity contribution in [1.29, 1.82) is 0 Å². The third kappa shape index (κ3) is 27.2. The molecule has 0 fully saturated rings. The predicted molar refractivity (Wildman–Crippen MR) is 500 cm³/mol. The van der Waals surface area contributed by atoms with Gasteiger partial charge in [-0.25, -0.2) is 37.1 Å². The molecule has 34 nitrogen and oxygen atoms in total. The summed E-state index contributed by atoms with van der Waals surface area (Å²) in [7, 11) is 7.19. The number of carboxylic acid groups (broad SMARTS) is 2. The largest absolute Gasteiger partial charge is 0.507 e. The number of ether oxygens (including phenoxy) is 3. The number of nitro groups is 2. The summed E-state index contributed by atoms with van der Waals surface area (Å²) in [5.41, 5.74) is 13.0. The van der Waals surface area contributed by atoms with E-state index >= 15 is 0 Å². The number of phenolic OH excluding ortho intramolecular Hbond substituents is 7. The lowest BCUT2D eigenvalue weighted by atomic mass is 10.00. The fourth-order valence-electron chi connectivity index (χ4n) is 12.7. The van der Waals surface area contributed by atoms with Gasteiger partial charge in [0.05, 0.1) is 97.9 Å². The summed E-state index contributed by atoms with van der Waals surface area (Å²) in [6, 6.07) is 65.9. The van der Waals surface area contributed by atoms with Crippen molar-refractivity contribution in [2.75, 3.05) is 35.4 Å². The summed E-state index contributed by atoms with van der Waals surface area (Å²) in [6.45, 7) is 0. The number of phenols is 7. The Morgan fingerprint density at radius 3 is 0.829 bits per heavy atom. The molecule has 37 heteroatoms. The molecule has 140 heavy (non-hydrogen) atoms.